The molecule has 1 N–H and O–H groups in total. The molecule has 0 atom stereocenters. The van der Waals surface area contributed by atoms with E-state index in [1.165, 1.54) is 31.7 Å². The van der Waals surface area contributed by atoms with Crippen LogP contribution in [0.2, 0.25) is 0 Å². The van der Waals surface area contributed by atoms with E-state index in [2.05, 4.69) is 11.6 Å². The maximum absolute atomic E-state index is 12.6. The minimum absolute atomic E-state index is 0.116. The van der Waals surface area contributed by atoms with Crippen LogP contribution in [0.4, 0.5) is 8.78 Å². The van der Waals surface area contributed by atoms with Gasteiger partial charge in [-0.15, -0.1) is 0 Å². The molecule has 1 aromatic carbocycles. The van der Waals surface area contributed by atoms with Crippen molar-refractivity contribution in [1.29, 1.82) is 0 Å². The highest BCUT2D eigenvalue weighted by molar-refractivity contribution is 7.99. The predicted molar refractivity (Wildman–Crippen MR) is 77.8 cm³/mol. The number of rotatable bonds is 5. The maximum atomic E-state index is 12.6. The van der Waals surface area contributed by atoms with Gasteiger partial charge in [-0.25, -0.2) is 8.78 Å². The zero-order valence-electron chi connectivity index (χ0n) is 11.2. The fraction of sp³-hybridized carbons (Fsp3) is 0.600. The number of halogens is 2. The zero-order valence-corrected chi connectivity index (χ0v) is 12.1. The number of benzene rings is 1. The Hall–Kier alpha value is -0.610. The zero-order chi connectivity index (χ0) is 13.7. The highest BCUT2D eigenvalue weighted by Gasteiger charge is 2.19. The fourth-order valence-electron chi connectivity index (χ4n) is 2.60. The van der Waals surface area contributed by atoms with Crippen LogP contribution >= 0.6 is 11.8 Å². The second kappa shape index (κ2) is 7.25. The summed E-state index contributed by atoms with van der Waals surface area (Å²) in [7, 11) is 0. The number of alkyl halides is 2. The van der Waals surface area contributed by atoms with Crippen LogP contribution in [0.5, 0.6) is 0 Å². The minimum Gasteiger partial charge on any atom is -0.310 e. The van der Waals surface area contributed by atoms with Gasteiger partial charge in [-0.1, -0.05) is 18.2 Å². The fourth-order valence-corrected chi connectivity index (χ4v) is 3.35. The molecule has 0 radical (unpaired) electrons. The largest absolute Gasteiger partial charge is 0.310 e. The number of thioether (sulfide) groups is 1. The van der Waals surface area contributed by atoms with E-state index in [0.29, 0.717) is 12.6 Å². The molecule has 1 fully saturated rings. The molecule has 0 amide bonds. The van der Waals surface area contributed by atoms with Crippen LogP contribution in [0.1, 0.15) is 43.2 Å². The van der Waals surface area contributed by atoms with Gasteiger partial charge in [0.15, 0.2) is 0 Å². The molecule has 4 heteroatoms. The normalized spacial score (nSPS) is 23.8. The average molecular weight is 285 g/mol. The minimum atomic E-state index is -2.38. The molecule has 1 nitrogen and oxygen atoms in total. The van der Waals surface area contributed by atoms with E-state index >= 15 is 0 Å². The quantitative estimate of drug-likeness (QED) is 0.861. The summed E-state index contributed by atoms with van der Waals surface area (Å²) in [5, 5.41) is 4.30. The average Bonchev–Trinajstić information content (AvgIpc) is 2.46. The van der Waals surface area contributed by atoms with Crippen LogP contribution in [-0.4, -0.2) is 17.5 Å². The molecule has 1 saturated carbocycles. The first-order chi connectivity index (χ1) is 9.19. The molecular weight excluding hydrogens is 264 g/mol. The Morgan fingerprint density at radius 3 is 2.63 bits per heavy atom. The first kappa shape index (κ1) is 14.8. The van der Waals surface area contributed by atoms with Crippen LogP contribution in [0.15, 0.2) is 24.3 Å². The summed E-state index contributed by atoms with van der Waals surface area (Å²) < 4.78 is 25.2. The van der Waals surface area contributed by atoms with Crippen molar-refractivity contribution in [3.8, 4) is 0 Å². The summed E-state index contributed by atoms with van der Waals surface area (Å²) in [5.41, 5.74) is 1.06. The lowest BCUT2D eigenvalue weighted by atomic mass is 9.95. The third-order valence-electron chi connectivity index (χ3n) is 3.81. The Morgan fingerprint density at radius 2 is 2.00 bits per heavy atom. The molecular formula is C15H21F2NS. The monoisotopic (exact) mass is 285 g/mol. The highest BCUT2D eigenvalue weighted by atomic mass is 32.2. The summed E-state index contributed by atoms with van der Waals surface area (Å²) in [4.78, 5) is 0. The van der Waals surface area contributed by atoms with Crippen LogP contribution in [0, 0.1) is 0 Å². The molecule has 1 aliphatic rings. The van der Waals surface area contributed by atoms with E-state index in [-0.39, 0.29) is 5.56 Å². The van der Waals surface area contributed by atoms with Gasteiger partial charge in [0.2, 0.25) is 0 Å². The highest BCUT2D eigenvalue weighted by Crippen LogP contribution is 2.27. The van der Waals surface area contributed by atoms with Crippen LogP contribution in [-0.2, 0) is 6.54 Å². The Bertz CT molecular complexity index is 389. The first-order valence-electron chi connectivity index (χ1n) is 6.82. The topological polar surface area (TPSA) is 12.0 Å². The molecule has 0 bridgehead atoms. The van der Waals surface area contributed by atoms with Crippen molar-refractivity contribution >= 4 is 11.8 Å². The van der Waals surface area contributed by atoms with E-state index < -0.39 is 6.43 Å². The molecule has 0 aliphatic heterocycles. The van der Waals surface area contributed by atoms with Gasteiger partial charge in [0, 0.05) is 23.4 Å². The molecule has 0 spiro atoms. The van der Waals surface area contributed by atoms with E-state index in [4.69, 9.17) is 0 Å². The summed E-state index contributed by atoms with van der Waals surface area (Å²) in [5.74, 6) is 0. The second-order valence-corrected chi connectivity index (χ2v) is 6.27. The van der Waals surface area contributed by atoms with Crippen molar-refractivity contribution in [1.82, 2.24) is 5.32 Å². The van der Waals surface area contributed by atoms with Crippen molar-refractivity contribution < 1.29 is 8.78 Å². The molecule has 0 saturated heterocycles. The smallest absolute Gasteiger partial charge is 0.263 e. The van der Waals surface area contributed by atoms with Crippen molar-refractivity contribution in [2.45, 2.75) is 49.9 Å². The van der Waals surface area contributed by atoms with Gasteiger partial charge in [-0.3, -0.25) is 0 Å². The Labute approximate surface area is 118 Å². The molecule has 19 heavy (non-hydrogen) atoms. The number of hydrogen-bond acceptors (Lipinski definition) is 2. The van der Waals surface area contributed by atoms with Gasteiger partial charge in [-0.05, 0) is 43.6 Å². The Balaban J connectivity index is 1.81. The Kier molecular flexibility index (Phi) is 5.64. The third-order valence-corrected chi connectivity index (χ3v) is 4.94. The summed E-state index contributed by atoms with van der Waals surface area (Å²) >= 11 is 1.96. The molecule has 106 valence electrons. The van der Waals surface area contributed by atoms with Gasteiger partial charge >= 0.3 is 0 Å². The van der Waals surface area contributed by atoms with Gasteiger partial charge in [0.1, 0.15) is 0 Å². The summed E-state index contributed by atoms with van der Waals surface area (Å²) in [6, 6.07) is 7.25. The molecule has 1 aliphatic carbocycles. The maximum Gasteiger partial charge on any atom is 0.263 e. The first-order valence-corrected chi connectivity index (χ1v) is 8.11. The summed E-state index contributed by atoms with van der Waals surface area (Å²) in [6.07, 6.45) is 4.71. The lowest BCUT2D eigenvalue weighted by Gasteiger charge is -2.28. The van der Waals surface area contributed by atoms with Crippen molar-refractivity contribution in [2.24, 2.45) is 0 Å². The summed E-state index contributed by atoms with van der Waals surface area (Å²) in [6.45, 7) is 0.690. The van der Waals surface area contributed by atoms with Crippen LogP contribution in [0.25, 0.3) is 0 Å². The lowest BCUT2D eigenvalue weighted by Crippen LogP contribution is -2.33. The van der Waals surface area contributed by atoms with Crippen LogP contribution < -0.4 is 5.32 Å². The molecule has 2 rings (SSSR count). The standard InChI is InChI=1S/C15H21F2NS/c1-19-14-7-5-13(6-8-14)18-10-11-3-2-4-12(9-11)15(16)17/h2-4,9,13-15,18H,5-8,10H2,1H3. The van der Waals surface area contributed by atoms with E-state index in [9.17, 15) is 8.78 Å². The van der Waals surface area contributed by atoms with Gasteiger partial charge in [0.25, 0.3) is 6.43 Å². The van der Waals surface area contributed by atoms with Gasteiger partial charge in [-0.2, -0.15) is 11.8 Å². The Morgan fingerprint density at radius 1 is 1.26 bits per heavy atom. The number of hydrogen-bond donors (Lipinski definition) is 1. The number of nitrogens with one attached hydrogen (secondary N) is 1. The van der Waals surface area contributed by atoms with Crippen LogP contribution in [0.3, 0.4) is 0 Å². The van der Waals surface area contributed by atoms with Crippen molar-refractivity contribution in [3.05, 3.63) is 35.4 Å². The van der Waals surface area contributed by atoms with E-state index in [1.54, 1.807) is 12.1 Å². The SMILES string of the molecule is CSC1CCC(NCc2cccc(C(F)F)c2)CC1. The second-order valence-electron chi connectivity index (χ2n) is 5.14. The lowest BCUT2D eigenvalue weighted by molar-refractivity contribution is 0.151. The van der Waals surface area contributed by atoms with Gasteiger partial charge in [0.05, 0.1) is 0 Å². The van der Waals surface area contributed by atoms with Crippen molar-refractivity contribution in [2.75, 3.05) is 6.26 Å². The molecule has 1 aromatic rings. The van der Waals surface area contributed by atoms with Gasteiger partial charge < -0.3 is 5.32 Å². The molecule has 0 unspecified atom stereocenters. The third kappa shape index (κ3) is 4.46. The van der Waals surface area contributed by atoms with Crippen molar-refractivity contribution in [3.63, 3.8) is 0 Å². The molecule has 0 heterocycles. The van der Waals surface area contributed by atoms with E-state index in [0.717, 1.165) is 10.8 Å². The predicted octanol–water partition coefficient (Wildman–Crippen LogP) is 4.39. The van der Waals surface area contributed by atoms with E-state index in [1.807, 2.05) is 17.8 Å². The molecule has 0 aromatic heterocycles.